The molecule has 17 heteroatoms. The van der Waals surface area contributed by atoms with Crippen LogP contribution in [0, 0.1) is 0 Å². The fourth-order valence-corrected chi connectivity index (χ4v) is 0.774. The van der Waals surface area contributed by atoms with Crippen LogP contribution in [0.2, 0.25) is 0 Å². The molecule has 0 fully saturated rings. The molecule has 0 heterocycles. The molecule has 0 amide bonds. The quantitative estimate of drug-likeness (QED) is 0.572. The number of aliphatic hydroxyl groups is 1. The van der Waals surface area contributed by atoms with Crippen molar-refractivity contribution in [2.24, 2.45) is 0 Å². The maximum atomic E-state index is 9.75. The van der Waals surface area contributed by atoms with Crippen molar-refractivity contribution in [3.63, 3.8) is 0 Å². The Morgan fingerprint density at radius 3 is 1.08 bits per heavy atom. The predicted octanol–water partition coefficient (Wildman–Crippen LogP) is 2.24. The van der Waals surface area contributed by atoms with Gasteiger partial charge in [0.2, 0.25) is 0 Å². The van der Waals surface area contributed by atoms with Crippen molar-refractivity contribution in [3.8, 4) is 0 Å². The van der Waals surface area contributed by atoms with E-state index in [1.165, 1.54) is 5.56 Å². The Kier molecular flexibility index (Phi) is 21.5. The van der Waals surface area contributed by atoms with Crippen LogP contribution in [0.3, 0.4) is 0 Å². The predicted molar refractivity (Wildman–Crippen MR) is 68.9 cm³/mol. The van der Waals surface area contributed by atoms with Gasteiger partial charge in [0.15, 0.2) is 0 Å². The largest absolute Gasteiger partial charge is 1.00 e. The molecule has 0 unspecified atom stereocenters. The first-order valence-electron chi connectivity index (χ1n) is 5.70. The van der Waals surface area contributed by atoms with Crippen molar-refractivity contribution in [1.82, 2.24) is 0 Å². The van der Waals surface area contributed by atoms with Gasteiger partial charge in [0, 0.05) is 6.61 Å². The van der Waals surface area contributed by atoms with Gasteiger partial charge in [0.25, 0.3) is 0 Å². The molecule has 0 aromatic heterocycles. The number of halogens is 12. The van der Waals surface area contributed by atoms with Crippen LogP contribution in [0.5, 0.6) is 0 Å². The zero-order chi connectivity index (χ0) is 20.0. The third-order valence-electron chi connectivity index (χ3n) is 1.24. The first kappa shape index (κ1) is 32.8. The van der Waals surface area contributed by atoms with Gasteiger partial charge in [0.1, 0.15) is 0 Å². The minimum atomic E-state index is -6.00. The van der Waals surface area contributed by atoms with Crippen molar-refractivity contribution in [1.29, 1.82) is 0 Å². The summed E-state index contributed by atoms with van der Waals surface area (Å²) in [5.74, 6) is 0. The van der Waals surface area contributed by atoms with Crippen molar-refractivity contribution in [2.75, 3.05) is 6.61 Å². The molecule has 146 valence electrons. The molecule has 1 N–H and O–H groups in total. The minimum Gasteiger partial charge on any atom is -1.00 e. The molecule has 25 heavy (non-hydrogen) atoms. The van der Waals surface area contributed by atoms with Crippen molar-refractivity contribution < 1.29 is 110 Å². The van der Waals surface area contributed by atoms with Gasteiger partial charge < -0.3 is 58.3 Å². The zero-order valence-electron chi connectivity index (χ0n) is 13.5. The van der Waals surface area contributed by atoms with Gasteiger partial charge in [-0.1, -0.05) is 30.3 Å². The van der Waals surface area contributed by atoms with E-state index in [2.05, 4.69) is 0 Å². The Morgan fingerprint density at radius 2 is 0.880 bits per heavy atom. The Hall–Kier alpha value is 0.171. The van der Waals surface area contributed by atoms with Crippen LogP contribution in [0.15, 0.2) is 30.3 Å². The topological polar surface area (TPSA) is 20.2 Å². The van der Waals surface area contributed by atoms with E-state index in [0.717, 1.165) is 6.42 Å². The second-order valence-corrected chi connectivity index (χ2v) is 3.44. The first-order valence-corrected chi connectivity index (χ1v) is 5.70. The average Bonchev–Trinajstić information content (AvgIpc) is 2.23. The van der Waals surface area contributed by atoms with Crippen molar-refractivity contribution >= 4 is 21.8 Å². The Bertz CT molecular complexity index is 356. The average molecular weight is 423 g/mol. The van der Waals surface area contributed by atoms with Gasteiger partial charge in [-0.25, -0.2) is 0 Å². The fraction of sp³-hybridized carbons (Fsp3) is 0.250. The number of hydrogen-bond donors (Lipinski definition) is 1. The molecular weight excluding hydrogens is 412 g/mol. The second-order valence-electron chi connectivity index (χ2n) is 3.44. The van der Waals surface area contributed by atoms with E-state index < -0.39 is 21.8 Å². The summed E-state index contributed by atoms with van der Waals surface area (Å²) in [5.41, 5.74) is 1.19. The van der Waals surface area contributed by atoms with E-state index in [-0.39, 0.29) is 59.4 Å². The fourth-order valence-electron chi connectivity index (χ4n) is 0.774. The van der Waals surface area contributed by atoms with E-state index in [0.29, 0.717) is 0 Å². The molecule has 1 aromatic carbocycles. The van der Waals surface area contributed by atoms with Crippen LogP contribution in [0.1, 0.15) is 6.99 Å². The van der Waals surface area contributed by atoms with Gasteiger partial charge >= 0.3 is 73.1 Å². The van der Waals surface area contributed by atoms with E-state index in [4.69, 9.17) is 5.11 Å². The summed E-state index contributed by atoms with van der Waals surface area (Å²) in [5, 5.41) is 8.52. The Morgan fingerprint density at radius 1 is 0.640 bits per heavy atom. The summed E-state index contributed by atoms with van der Waals surface area (Å²) in [6, 6.07) is 9.95. The molecule has 0 spiro atoms. The molecule has 0 saturated carbocycles. The van der Waals surface area contributed by atoms with Crippen molar-refractivity contribution in [3.05, 3.63) is 35.9 Å². The summed E-state index contributed by atoms with van der Waals surface area (Å²) < 4.78 is 117. The molecule has 0 radical (unpaired) electrons. The normalized spacial score (nSPS) is 10.6. The van der Waals surface area contributed by atoms with Gasteiger partial charge in [0.05, 0.1) is 0 Å². The summed E-state index contributed by atoms with van der Waals surface area (Å²) in [4.78, 5) is 0. The van der Waals surface area contributed by atoms with Crippen LogP contribution in [-0.2, 0) is 6.42 Å². The summed E-state index contributed by atoms with van der Waals surface area (Å²) in [7, 11) is -18.0. The van der Waals surface area contributed by atoms with Crippen LogP contribution >= 0.6 is 0 Å². The van der Waals surface area contributed by atoms with Crippen molar-refractivity contribution in [2.45, 2.75) is 6.42 Å². The number of rotatable bonds is 2. The number of hydrogen-bond acceptors (Lipinski definition) is 1. The Labute approximate surface area is 179 Å². The SMILES string of the molecule is F[B-](F)(F)F.F[B-](F)(F)F.F[B-](F)(F)F.OCCc1ccccc1.[H-].[K+]. The van der Waals surface area contributed by atoms with E-state index in [1.807, 2.05) is 30.3 Å². The third-order valence-corrected chi connectivity index (χ3v) is 1.24. The standard InChI is InChI=1S/C8H10O.3BF4.K.H/c9-7-6-8-4-2-1-3-5-8;3*2-1(3,4)5;;/h1-5,9H,6-7H2;;;;;/q;3*-1;+1;-1. The van der Waals surface area contributed by atoms with E-state index >= 15 is 0 Å². The maximum absolute atomic E-state index is 9.75. The van der Waals surface area contributed by atoms with Crippen LogP contribution in [0.25, 0.3) is 0 Å². The molecule has 0 aliphatic carbocycles. The number of aliphatic hydroxyl groups excluding tert-OH is 1. The van der Waals surface area contributed by atoms with Gasteiger partial charge in [-0.05, 0) is 12.0 Å². The van der Waals surface area contributed by atoms with Gasteiger partial charge in [-0.3, -0.25) is 0 Å². The van der Waals surface area contributed by atoms with Gasteiger partial charge in [-0.2, -0.15) is 0 Å². The van der Waals surface area contributed by atoms with Crippen LogP contribution < -0.4 is 51.4 Å². The molecule has 1 nitrogen and oxygen atoms in total. The molecule has 0 aliphatic heterocycles. The van der Waals surface area contributed by atoms with E-state index in [1.54, 1.807) is 0 Å². The molecule has 0 aliphatic rings. The van der Waals surface area contributed by atoms with Crippen LogP contribution in [-0.4, -0.2) is 33.5 Å². The van der Waals surface area contributed by atoms with Gasteiger partial charge in [-0.15, -0.1) is 0 Å². The third kappa shape index (κ3) is 95.2. The minimum absolute atomic E-state index is 0. The molecular formula is C8H11B3F12KO-3. The second kappa shape index (κ2) is 16.4. The monoisotopic (exact) mass is 423 g/mol. The molecule has 0 atom stereocenters. The summed E-state index contributed by atoms with van der Waals surface area (Å²) in [6.45, 7) is 0.240. The summed E-state index contributed by atoms with van der Waals surface area (Å²) >= 11 is 0. The molecule has 1 rings (SSSR count). The maximum Gasteiger partial charge on any atom is 1.00 e. The summed E-state index contributed by atoms with van der Waals surface area (Å²) in [6.07, 6.45) is 0.765. The molecule has 1 aromatic rings. The first-order chi connectivity index (χ1) is 10.4. The Balaban J connectivity index is -0.0000000771. The molecule has 0 bridgehead atoms. The molecule has 0 saturated heterocycles. The zero-order valence-corrected chi connectivity index (χ0v) is 15.6. The smallest absolute Gasteiger partial charge is 1.00 e. The van der Waals surface area contributed by atoms with E-state index in [9.17, 15) is 51.8 Å². The number of benzene rings is 1. The van der Waals surface area contributed by atoms with Crippen LogP contribution in [0.4, 0.5) is 51.8 Å².